The first-order valence-corrected chi connectivity index (χ1v) is 4.85. The van der Waals surface area contributed by atoms with Crippen molar-refractivity contribution in [2.45, 2.75) is 6.92 Å². The zero-order chi connectivity index (χ0) is 13.0. The number of carbonyl (C=O) groups is 2. The van der Waals surface area contributed by atoms with E-state index >= 15 is 0 Å². The molecule has 0 saturated carbocycles. The lowest BCUT2D eigenvalue weighted by atomic mass is 10.0. The van der Waals surface area contributed by atoms with Gasteiger partial charge in [-0.25, -0.2) is 4.79 Å². The van der Waals surface area contributed by atoms with Crippen LogP contribution in [-0.4, -0.2) is 24.1 Å². The Hall–Kier alpha value is -2.30. The Morgan fingerprint density at radius 1 is 1.24 bits per heavy atom. The van der Waals surface area contributed by atoms with Gasteiger partial charge in [0.15, 0.2) is 0 Å². The smallest absolute Gasteiger partial charge is 0.336 e. The van der Waals surface area contributed by atoms with Gasteiger partial charge in [-0.15, -0.1) is 0 Å². The van der Waals surface area contributed by atoms with Crippen LogP contribution in [0.4, 0.5) is 0 Å². The largest absolute Gasteiger partial charge is 0.497 e. The highest BCUT2D eigenvalue weighted by Crippen LogP contribution is 2.21. The molecular weight excluding hydrogens is 222 g/mol. The zero-order valence-electron chi connectivity index (χ0n) is 9.56. The van der Waals surface area contributed by atoms with Crippen LogP contribution < -0.4 is 10.5 Å². The lowest BCUT2D eigenvalue weighted by molar-refractivity contribution is -0.130. The fourth-order valence-electron chi connectivity index (χ4n) is 1.38. The van der Waals surface area contributed by atoms with Gasteiger partial charge in [0.1, 0.15) is 5.75 Å². The number of carboxylic acid groups (broad SMARTS) is 1. The molecule has 90 valence electrons. The fraction of sp³-hybridized carbons (Fsp3) is 0.167. The molecule has 0 atom stereocenters. The molecule has 17 heavy (non-hydrogen) atoms. The van der Waals surface area contributed by atoms with E-state index in [9.17, 15) is 9.59 Å². The van der Waals surface area contributed by atoms with Crippen LogP contribution in [0.1, 0.15) is 12.5 Å². The highest BCUT2D eigenvalue weighted by atomic mass is 16.5. The number of ether oxygens (including phenoxy) is 1. The van der Waals surface area contributed by atoms with E-state index < -0.39 is 11.9 Å². The molecule has 1 aromatic carbocycles. The first-order chi connectivity index (χ1) is 7.97. The van der Waals surface area contributed by atoms with Crippen molar-refractivity contribution in [1.29, 1.82) is 0 Å². The molecule has 5 heteroatoms. The van der Waals surface area contributed by atoms with Crippen LogP contribution >= 0.6 is 0 Å². The van der Waals surface area contributed by atoms with Crippen molar-refractivity contribution in [2.75, 3.05) is 7.11 Å². The summed E-state index contributed by atoms with van der Waals surface area (Å²) in [6.45, 7) is 1.38. The fourth-order valence-corrected chi connectivity index (χ4v) is 1.38. The Morgan fingerprint density at radius 3 is 2.12 bits per heavy atom. The average molecular weight is 235 g/mol. The third-order valence-corrected chi connectivity index (χ3v) is 2.34. The summed E-state index contributed by atoms with van der Waals surface area (Å²) >= 11 is 0. The minimum absolute atomic E-state index is 0.0164. The number of hydrogen-bond acceptors (Lipinski definition) is 3. The van der Waals surface area contributed by atoms with Crippen molar-refractivity contribution in [1.82, 2.24) is 0 Å². The van der Waals surface area contributed by atoms with Gasteiger partial charge >= 0.3 is 5.97 Å². The van der Waals surface area contributed by atoms with Gasteiger partial charge in [-0.05, 0) is 24.6 Å². The molecule has 0 bridgehead atoms. The molecule has 0 aliphatic heterocycles. The summed E-state index contributed by atoms with van der Waals surface area (Å²) in [4.78, 5) is 22.1. The number of rotatable bonds is 4. The van der Waals surface area contributed by atoms with Crippen molar-refractivity contribution in [3.8, 4) is 5.75 Å². The minimum atomic E-state index is -1.19. The third-order valence-electron chi connectivity index (χ3n) is 2.34. The summed E-state index contributed by atoms with van der Waals surface area (Å²) in [5, 5.41) is 9.08. The molecule has 0 fully saturated rings. The SMILES string of the molecule is COc1ccc(C(C(=O)O)=C(C)C(N)=O)cc1. The van der Waals surface area contributed by atoms with Crippen LogP contribution in [0.2, 0.25) is 0 Å². The van der Waals surface area contributed by atoms with Crippen LogP contribution in [-0.2, 0) is 9.59 Å². The second-order valence-corrected chi connectivity index (χ2v) is 3.40. The molecule has 0 aromatic heterocycles. The minimum Gasteiger partial charge on any atom is -0.497 e. The number of primary amides is 1. The van der Waals surface area contributed by atoms with Crippen LogP contribution in [0.25, 0.3) is 5.57 Å². The van der Waals surface area contributed by atoms with Crippen molar-refractivity contribution in [3.63, 3.8) is 0 Å². The first-order valence-electron chi connectivity index (χ1n) is 4.85. The number of benzene rings is 1. The van der Waals surface area contributed by atoms with Gasteiger partial charge in [-0.3, -0.25) is 4.79 Å². The molecular formula is C12H13NO4. The number of nitrogens with two attached hydrogens (primary N) is 1. The zero-order valence-corrected chi connectivity index (χ0v) is 9.56. The molecule has 0 heterocycles. The quantitative estimate of drug-likeness (QED) is 0.763. The van der Waals surface area contributed by atoms with Crippen molar-refractivity contribution in [2.24, 2.45) is 5.73 Å². The summed E-state index contributed by atoms with van der Waals surface area (Å²) in [7, 11) is 1.51. The molecule has 0 spiro atoms. The predicted octanol–water partition coefficient (Wildman–Crippen LogP) is 1.04. The third kappa shape index (κ3) is 2.84. The summed E-state index contributed by atoms with van der Waals surface area (Å²) in [5.41, 5.74) is 5.41. The van der Waals surface area contributed by atoms with Gasteiger partial charge in [-0.2, -0.15) is 0 Å². The lowest BCUT2D eigenvalue weighted by Gasteiger charge is -2.07. The molecule has 0 unspecified atom stereocenters. The Balaban J connectivity index is 3.29. The second kappa shape index (κ2) is 5.16. The van der Waals surface area contributed by atoms with Gasteiger partial charge in [0.25, 0.3) is 0 Å². The summed E-state index contributed by atoms with van der Waals surface area (Å²) in [6, 6.07) is 6.36. The first kappa shape index (κ1) is 12.8. The van der Waals surface area contributed by atoms with E-state index in [1.807, 2.05) is 0 Å². The number of aliphatic carboxylic acids is 1. The summed E-state index contributed by atoms with van der Waals surface area (Å²) < 4.78 is 4.96. The number of methoxy groups -OCH3 is 1. The normalized spacial score (nSPS) is 11.6. The number of carboxylic acids is 1. The highest BCUT2D eigenvalue weighted by Gasteiger charge is 2.17. The molecule has 0 radical (unpaired) electrons. The van der Waals surface area contributed by atoms with Crippen LogP contribution in [0.3, 0.4) is 0 Å². The Labute approximate surface area is 98.5 Å². The Bertz CT molecular complexity index is 474. The molecule has 1 aromatic rings. The van der Waals surface area contributed by atoms with Crippen molar-refractivity contribution in [3.05, 3.63) is 35.4 Å². The van der Waals surface area contributed by atoms with Gasteiger partial charge < -0.3 is 15.6 Å². The second-order valence-electron chi connectivity index (χ2n) is 3.40. The van der Waals surface area contributed by atoms with Crippen LogP contribution in [0.5, 0.6) is 5.75 Å². The van der Waals surface area contributed by atoms with E-state index in [0.717, 1.165) is 0 Å². The van der Waals surface area contributed by atoms with E-state index in [0.29, 0.717) is 11.3 Å². The van der Waals surface area contributed by atoms with Gasteiger partial charge in [0.2, 0.25) is 5.91 Å². The maximum atomic E-state index is 11.1. The maximum Gasteiger partial charge on any atom is 0.336 e. The van der Waals surface area contributed by atoms with E-state index in [1.54, 1.807) is 24.3 Å². The Morgan fingerprint density at radius 2 is 1.76 bits per heavy atom. The van der Waals surface area contributed by atoms with Crippen molar-refractivity contribution < 1.29 is 19.4 Å². The topological polar surface area (TPSA) is 89.6 Å². The molecule has 3 N–H and O–H groups in total. The van der Waals surface area contributed by atoms with Gasteiger partial charge in [0, 0.05) is 5.57 Å². The Kier molecular flexibility index (Phi) is 3.87. The van der Waals surface area contributed by atoms with Crippen LogP contribution in [0, 0.1) is 0 Å². The maximum absolute atomic E-state index is 11.1. The molecule has 0 aliphatic rings. The van der Waals surface area contributed by atoms with Gasteiger partial charge in [0.05, 0.1) is 12.7 Å². The van der Waals surface area contributed by atoms with Crippen LogP contribution in [0.15, 0.2) is 29.8 Å². The van der Waals surface area contributed by atoms with E-state index in [2.05, 4.69) is 0 Å². The molecule has 1 rings (SSSR count). The summed E-state index contributed by atoms with van der Waals surface area (Å²) in [6.07, 6.45) is 0. The standard InChI is InChI=1S/C12H13NO4/c1-7(11(13)14)10(12(15)16)8-3-5-9(17-2)6-4-8/h3-6H,1-2H3,(H2,13,14)(H,15,16). The molecule has 1 amide bonds. The number of hydrogen-bond donors (Lipinski definition) is 2. The average Bonchev–Trinajstić information content (AvgIpc) is 2.29. The molecule has 5 nitrogen and oxygen atoms in total. The molecule has 0 saturated heterocycles. The van der Waals surface area contributed by atoms with Gasteiger partial charge in [-0.1, -0.05) is 12.1 Å². The van der Waals surface area contributed by atoms with E-state index in [-0.39, 0.29) is 11.1 Å². The van der Waals surface area contributed by atoms with E-state index in [4.69, 9.17) is 15.6 Å². The summed E-state index contributed by atoms with van der Waals surface area (Å²) in [5.74, 6) is -1.33. The monoisotopic (exact) mass is 235 g/mol. The number of carbonyl (C=O) groups excluding carboxylic acids is 1. The molecule has 0 aliphatic carbocycles. The van der Waals surface area contributed by atoms with Crippen molar-refractivity contribution >= 4 is 17.4 Å². The lowest BCUT2D eigenvalue weighted by Crippen LogP contribution is -2.16. The predicted molar refractivity (Wildman–Crippen MR) is 62.4 cm³/mol. The number of amides is 1. The highest BCUT2D eigenvalue weighted by molar-refractivity contribution is 6.22. The van der Waals surface area contributed by atoms with E-state index in [1.165, 1.54) is 14.0 Å².